The number of hydrogen-bond acceptors (Lipinski definition) is 6. The van der Waals surface area contributed by atoms with E-state index in [1.165, 1.54) is 24.3 Å². The van der Waals surface area contributed by atoms with Crippen LogP contribution in [-0.2, 0) is 15.1 Å². The Hall–Kier alpha value is -4.26. The summed E-state index contributed by atoms with van der Waals surface area (Å²) in [4.78, 5) is 24.9. The standard InChI is InChI=1S/C23H15NO6/c1-2-20(27)24-17-9-13(26)11-19-21(17)23(16-8-7-12(25)10-18(16)29-19)15-6-4-3-5-14(15)22(28)30-23/h2-11,25-26H,1H2,(H,24,27). The van der Waals surface area contributed by atoms with Gasteiger partial charge in [0.15, 0.2) is 5.60 Å². The van der Waals surface area contributed by atoms with Crippen molar-refractivity contribution in [3.63, 3.8) is 0 Å². The Morgan fingerprint density at radius 1 is 1.00 bits per heavy atom. The fourth-order valence-corrected chi connectivity index (χ4v) is 4.07. The topological polar surface area (TPSA) is 105 Å². The predicted molar refractivity (Wildman–Crippen MR) is 107 cm³/mol. The van der Waals surface area contributed by atoms with Gasteiger partial charge in [0.1, 0.15) is 23.0 Å². The van der Waals surface area contributed by atoms with E-state index in [1.807, 2.05) is 0 Å². The summed E-state index contributed by atoms with van der Waals surface area (Å²) in [6.45, 7) is 3.45. The van der Waals surface area contributed by atoms with Crippen LogP contribution in [0.3, 0.4) is 0 Å². The molecule has 7 heteroatoms. The van der Waals surface area contributed by atoms with Crippen molar-refractivity contribution < 1.29 is 29.3 Å². The molecule has 0 aliphatic carbocycles. The molecule has 1 unspecified atom stereocenters. The molecular formula is C23H15NO6. The molecule has 1 amide bonds. The number of hydrogen-bond donors (Lipinski definition) is 3. The average molecular weight is 401 g/mol. The molecule has 0 fully saturated rings. The van der Waals surface area contributed by atoms with Gasteiger partial charge in [-0.3, -0.25) is 4.79 Å². The van der Waals surface area contributed by atoms with Crippen LogP contribution in [0.25, 0.3) is 0 Å². The normalized spacial score (nSPS) is 17.9. The zero-order chi connectivity index (χ0) is 21.0. The molecule has 3 aromatic carbocycles. The molecule has 5 rings (SSSR count). The largest absolute Gasteiger partial charge is 0.508 e. The molecule has 3 N–H and O–H groups in total. The number of esters is 1. The molecule has 2 aliphatic rings. The molecule has 2 aliphatic heterocycles. The Labute approximate surface area is 170 Å². The summed E-state index contributed by atoms with van der Waals surface area (Å²) >= 11 is 0. The van der Waals surface area contributed by atoms with Gasteiger partial charge in [-0.05, 0) is 24.3 Å². The first-order valence-corrected chi connectivity index (χ1v) is 9.09. The van der Waals surface area contributed by atoms with E-state index in [1.54, 1.807) is 30.3 Å². The number of benzene rings is 3. The second kappa shape index (κ2) is 6.12. The lowest BCUT2D eigenvalue weighted by molar-refractivity contribution is -0.111. The summed E-state index contributed by atoms with van der Waals surface area (Å²) in [5, 5.41) is 22.9. The highest BCUT2D eigenvalue weighted by atomic mass is 16.6. The van der Waals surface area contributed by atoms with Crippen molar-refractivity contribution in [3.05, 3.63) is 89.5 Å². The summed E-state index contributed by atoms with van der Waals surface area (Å²) in [7, 11) is 0. The van der Waals surface area contributed by atoms with Crippen molar-refractivity contribution >= 4 is 17.6 Å². The van der Waals surface area contributed by atoms with Crippen molar-refractivity contribution in [2.45, 2.75) is 5.60 Å². The van der Waals surface area contributed by atoms with Gasteiger partial charge < -0.3 is 25.0 Å². The minimum atomic E-state index is -1.44. The average Bonchev–Trinajstić information content (AvgIpc) is 3.00. The minimum absolute atomic E-state index is 0.0368. The SMILES string of the molecule is C=CC(=O)Nc1cc(O)cc2c1C1(OC(=O)c3ccccc31)c1ccc(O)cc1O2. The number of carbonyl (C=O) groups is 2. The minimum Gasteiger partial charge on any atom is -0.508 e. The van der Waals surface area contributed by atoms with Crippen LogP contribution in [0.4, 0.5) is 5.69 Å². The van der Waals surface area contributed by atoms with Gasteiger partial charge in [0.25, 0.3) is 0 Å². The molecule has 1 atom stereocenters. The van der Waals surface area contributed by atoms with Gasteiger partial charge in [0.2, 0.25) is 5.91 Å². The van der Waals surface area contributed by atoms with E-state index in [0.717, 1.165) is 6.08 Å². The number of rotatable bonds is 2. The van der Waals surface area contributed by atoms with Gasteiger partial charge in [-0.2, -0.15) is 0 Å². The van der Waals surface area contributed by atoms with Crippen LogP contribution in [0, 0.1) is 0 Å². The van der Waals surface area contributed by atoms with Gasteiger partial charge in [-0.1, -0.05) is 24.8 Å². The molecular weight excluding hydrogens is 386 g/mol. The number of phenolic OH excluding ortho intramolecular Hbond substituents is 2. The second-order valence-electron chi connectivity index (χ2n) is 6.96. The molecule has 0 aromatic heterocycles. The van der Waals surface area contributed by atoms with Gasteiger partial charge in [-0.15, -0.1) is 0 Å². The number of carbonyl (C=O) groups excluding carboxylic acids is 2. The highest BCUT2D eigenvalue weighted by Crippen LogP contribution is 2.59. The van der Waals surface area contributed by atoms with Crippen LogP contribution >= 0.6 is 0 Å². The van der Waals surface area contributed by atoms with Gasteiger partial charge in [-0.25, -0.2) is 4.79 Å². The van der Waals surface area contributed by atoms with Crippen molar-refractivity contribution in [1.29, 1.82) is 0 Å². The number of fused-ring (bicyclic) bond motifs is 6. The predicted octanol–water partition coefficient (Wildman–Crippen LogP) is 3.79. The number of nitrogens with one attached hydrogen (secondary N) is 1. The van der Waals surface area contributed by atoms with E-state index in [2.05, 4.69) is 11.9 Å². The third kappa shape index (κ3) is 2.32. The van der Waals surface area contributed by atoms with E-state index in [4.69, 9.17) is 9.47 Å². The number of ether oxygens (including phenoxy) is 2. The molecule has 0 radical (unpaired) electrons. The van der Waals surface area contributed by atoms with Crippen LogP contribution < -0.4 is 10.1 Å². The van der Waals surface area contributed by atoms with Crippen molar-refractivity contribution in [2.24, 2.45) is 0 Å². The number of amides is 1. The number of anilines is 1. The molecule has 3 aromatic rings. The Morgan fingerprint density at radius 2 is 1.77 bits per heavy atom. The lowest BCUT2D eigenvalue weighted by Gasteiger charge is -2.37. The highest BCUT2D eigenvalue weighted by molar-refractivity contribution is 6.02. The third-order valence-corrected chi connectivity index (χ3v) is 5.22. The summed E-state index contributed by atoms with van der Waals surface area (Å²) in [6, 6.07) is 14.1. The third-order valence-electron chi connectivity index (χ3n) is 5.22. The maximum Gasteiger partial charge on any atom is 0.340 e. The maximum absolute atomic E-state index is 12.8. The smallest absolute Gasteiger partial charge is 0.340 e. The van der Waals surface area contributed by atoms with Gasteiger partial charge in [0, 0.05) is 29.3 Å². The Balaban J connectivity index is 1.90. The summed E-state index contributed by atoms with van der Waals surface area (Å²) in [5.41, 5.74) is 0.530. The van der Waals surface area contributed by atoms with E-state index >= 15 is 0 Å². The Bertz CT molecular complexity index is 1260. The summed E-state index contributed by atoms with van der Waals surface area (Å²) in [6.07, 6.45) is 1.09. The van der Waals surface area contributed by atoms with Crippen LogP contribution in [0.2, 0.25) is 0 Å². The molecule has 0 bridgehead atoms. The lowest BCUT2D eigenvalue weighted by Crippen LogP contribution is -2.34. The Morgan fingerprint density at radius 3 is 2.57 bits per heavy atom. The van der Waals surface area contributed by atoms with Gasteiger partial charge in [0.05, 0.1) is 16.8 Å². The monoisotopic (exact) mass is 401 g/mol. The molecule has 1 spiro atoms. The zero-order valence-electron chi connectivity index (χ0n) is 15.5. The second-order valence-corrected chi connectivity index (χ2v) is 6.96. The summed E-state index contributed by atoms with van der Waals surface area (Å²) < 4.78 is 11.9. The molecule has 0 saturated carbocycles. The lowest BCUT2D eigenvalue weighted by atomic mass is 9.77. The van der Waals surface area contributed by atoms with Crippen molar-refractivity contribution in [1.82, 2.24) is 0 Å². The number of aromatic hydroxyl groups is 2. The first-order valence-electron chi connectivity index (χ1n) is 9.09. The maximum atomic E-state index is 12.8. The zero-order valence-corrected chi connectivity index (χ0v) is 15.5. The summed E-state index contributed by atoms with van der Waals surface area (Å²) in [5.74, 6) is -0.802. The van der Waals surface area contributed by atoms with Crippen molar-refractivity contribution in [2.75, 3.05) is 5.32 Å². The molecule has 148 valence electrons. The molecule has 30 heavy (non-hydrogen) atoms. The van der Waals surface area contributed by atoms with Crippen molar-refractivity contribution in [3.8, 4) is 23.0 Å². The first kappa shape index (κ1) is 17.8. The Kier molecular flexibility index (Phi) is 3.63. The van der Waals surface area contributed by atoms with Crippen LogP contribution in [0.15, 0.2) is 67.3 Å². The fraction of sp³-hybridized carbons (Fsp3) is 0.0435. The molecule has 7 nitrogen and oxygen atoms in total. The van der Waals surface area contributed by atoms with E-state index in [0.29, 0.717) is 22.3 Å². The van der Waals surface area contributed by atoms with E-state index in [-0.39, 0.29) is 28.7 Å². The highest BCUT2D eigenvalue weighted by Gasteiger charge is 2.55. The van der Waals surface area contributed by atoms with E-state index in [9.17, 15) is 19.8 Å². The van der Waals surface area contributed by atoms with E-state index < -0.39 is 17.5 Å². The molecule has 2 heterocycles. The van der Waals surface area contributed by atoms with Gasteiger partial charge >= 0.3 is 5.97 Å². The molecule has 0 saturated heterocycles. The fourth-order valence-electron chi connectivity index (χ4n) is 4.07. The van der Waals surface area contributed by atoms with Crippen LogP contribution in [0.1, 0.15) is 27.0 Å². The quantitative estimate of drug-likeness (QED) is 0.446. The number of phenols is 2. The van der Waals surface area contributed by atoms with Crippen LogP contribution in [0.5, 0.6) is 23.0 Å². The first-order chi connectivity index (χ1) is 14.4. The van der Waals surface area contributed by atoms with Crippen LogP contribution in [-0.4, -0.2) is 22.1 Å².